The molecule has 3 aliphatic heterocycles. The molecule has 1 saturated carbocycles. The summed E-state index contributed by atoms with van der Waals surface area (Å²) in [5, 5.41) is 58.0. The van der Waals surface area contributed by atoms with Crippen molar-refractivity contribution in [2.24, 2.45) is 35.5 Å². The van der Waals surface area contributed by atoms with Gasteiger partial charge in [-0.2, -0.15) is 0 Å². The molecule has 15 nitrogen and oxygen atoms in total. The van der Waals surface area contributed by atoms with Crippen LogP contribution in [0.15, 0.2) is 65.8 Å². The number of cyclic esters (lactones) is 1. The van der Waals surface area contributed by atoms with Gasteiger partial charge in [-0.3, -0.25) is 9.59 Å². The number of nitrogens with zero attached hydrogens (tertiary/aromatic N) is 1. The lowest BCUT2D eigenvalue weighted by molar-refractivity contribution is -0.264. The molecule has 2 bridgehead atoms. The molecule has 4 aliphatic rings. The molecule has 1 aliphatic carbocycles. The molecule has 2 saturated heterocycles. The van der Waals surface area contributed by atoms with Gasteiger partial charge >= 0.3 is 5.97 Å². The zero-order valence-electron chi connectivity index (χ0n) is 45.5. The topological polar surface area (TPSA) is 211 Å². The van der Waals surface area contributed by atoms with Crippen LogP contribution in [0.4, 0.5) is 0 Å². The molecule has 0 spiro atoms. The zero-order valence-corrected chi connectivity index (χ0v) is 45.5. The second kappa shape index (κ2) is 27.7. The van der Waals surface area contributed by atoms with E-state index in [0.717, 1.165) is 17.6 Å². The van der Waals surface area contributed by atoms with Crippen molar-refractivity contribution in [2.75, 3.05) is 35.0 Å². The Labute approximate surface area is 435 Å². The van der Waals surface area contributed by atoms with Crippen molar-refractivity contribution in [2.45, 2.75) is 192 Å². The maximum Gasteiger partial charge on any atom is 0.329 e. The largest absolute Gasteiger partial charge is 0.497 e. The number of benzene rings is 1. The number of allylic oxidation sites excluding steroid dienone is 6. The number of esters is 1. The number of carbonyl (C=O) groups excluding carboxylic acids is 3. The van der Waals surface area contributed by atoms with Gasteiger partial charge < -0.3 is 58.9 Å². The van der Waals surface area contributed by atoms with Gasteiger partial charge in [-0.15, -0.1) is 0 Å². The van der Waals surface area contributed by atoms with Crippen molar-refractivity contribution in [3.63, 3.8) is 0 Å². The molecule has 17 atom stereocenters. The summed E-state index contributed by atoms with van der Waals surface area (Å²) >= 11 is 0. The molecule has 3 fully saturated rings. The van der Waals surface area contributed by atoms with Crippen LogP contribution >= 0.6 is 0 Å². The first kappa shape index (κ1) is 59.9. The second-order valence-corrected chi connectivity index (χ2v) is 21.9. The number of hydrogen-bond acceptors (Lipinski definition) is 14. The molecule has 410 valence electrons. The van der Waals surface area contributed by atoms with E-state index >= 15 is 0 Å². The van der Waals surface area contributed by atoms with Gasteiger partial charge in [0.1, 0.15) is 35.9 Å². The van der Waals surface area contributed by atoms with Crippen LogP contribution in [0.3, 0.4) is 0 Å². The van der Waals surface area contributed by atoms with E-state index in [1.165, 1.54) is 12.0 Å². The normalized spacial score (nSPS) is 39.2. The molecule has 73 heavy (non-hydrogen) atoms. The quantitative estimate of drug-likeness (QED) is 0.0968. The van der Waals surface area contributed by atoms with Crippen LogP contribution in [-0.2, 0) is 33.3 Å². The van der Waals surface area contributed by atoms with Crippen molar-refractivity contribution in [1.82, 2.24) is 4.90 Å². The van der Waals surface area contributed by atoms with Crippen LogP contribution < -0.4 is 9.47 Å². The van der Waals surface area contributed by atoms with Gasteiger partial charge in [-0.1, -0.05) is 82.7 Å². The molecule has 15 heteroatoms. The number of carbonyl (C=O) groups is 3. The molecular formula is C58H89NO14. The maximum atomic E-state index is 14.6. The van der Waals surface area contributed by atoms with E-state index in [9.17, 15) is 39.9 Å². The van der Waals surface area contributed by atoms with E-state index in [1.807, 2.05) is 70.2 Å². The first-order valence-electron chi connectivity index (χ1n) is 26.8. The van der Waals surface area contributed by atoms with Gasteiger partial charge in [-0.05, 0) is 120 Å². The molecule has 10 unspecified atom stereocenters. The number of ketones is 1. The Bertz CT molecular complexity index is 2090. The monoisotopic (exact) mass is 1020 g/mol. The van der Waals surface area contributed by atoms with Gasteiger partial charge in [0.25, 0.3) is 11.7 Å². The molecular weight excluding hydrogens is 935 g/mol. The lowest BCUT2D eigenvalue weighted by Crippen LogP contribution is -2.60. The van der Waals surface area contributed by atoms with Crippen LogP contribution in [-0.4, -0.2) is 144 Å². The molecule has 5 N–H and O–H groups in total. The summed E-state index contributed by atoms with van der Waals surface area (Å²) in [7, 11) is 6.21. The Morgan fingerprint density at radius 1 is 0.808 bits per heavy atom. The Hall–Kier alpha value is -3.93. The first-order valence-corrected chi connectivity index (χ1v) is 26.8. The molecule has 3 heterocycles. The summed E-state index contributed by atoms with van der Waals surface area (Å²) in [6, 6.07) is 4.46. The minimum Gasteiger partial charge on any atom is -0.497 e. The minimum absolute atomic E-state index is 0.0229. The number of aliphatic hydroxyl groups is 5. The third-order valence-corrected chi connectivity index (χ3v) is 16.5. The van der Waals surface area contributed by atoms with Crippen molar-refractivity contribution < 1.29 is 68.3 Å². The highest BCUT2D eigenvalue weighted by atomic mass is 16.6. The van der Waals surface area contributed by atoms with Crippen molar-refractivity contribution in [3.05, 3.63) is 71.4 Å². The average Bonchev–Trinajstić information content (AvgIpc) is 3.38. The van der Waals surface area contributed by atoms with Crippen LogP contribution in [0.5, 0.6) is 11.5 Å². The van der Waals surface area contributed by atoms with Gasteiger partial charge in [-0.25, -0.2) is 4.79 Å². The number of methoxy groups -OCH3 is 4. The van der Waals surface area contributed by atoms with Crippen LogP contribution in [0, 0.1) is 35.5 Å². The van der Waals surface area contributed by atoms with Crippen LogP contribution in [0.1, 0.15) is 137 Å². The fourth-order valence-electron chi connectivity index (χ4n) is 11.7. The molecule has 1 aromatic rings. The summed E-state index contributed by atoms with van der Waals surface area (Å²) in [6.07, 6.45) is 10.8. The zero-order chi connectivity index (χ0) is 53.7. The second-order valence-electron chi connectivity index (χ2n) is 21.9. The smallest absolute Gasteiger partial charge is 0.329 e. The number of ether oxygens (including phenoxy) is 6. The SMILES string of the molecule is COc1ccc(C2C[C@@H]3CCC(C)C(O)(O3)C(=O)C(=O)N3CCCCC3C(=O)O[C@H]([C@H](C)CC3CC[C@@H](O)C(OC)C3)CC(O)[C@H](C)/C=C(\C)C(O)[C@@H](OC)C(O)C(C)C[C@H](C)/C=C/C=C/C=C/2C)c(OC)c1. The van der Waals surface area contributed by atoms with Gasteiger partial charge in [0.2, 0.25) is 5.79 Å². The highest BCUT2D eigenvalue weighted by molar-refractivity contribution is 6.39. The van der Waals surface area contributed by atoms with Crippen molar-refractivity contribution in [1.29, 1.82) is 0 Å². The summed E-state index contributed by atoms with van der Waals surface area (Å²) in [4.78, 5) is 44.9. The van der Waals surface area contributed by atoms with E-state index in [-0.39, 0.29) is 55.1 Å². The number of rotatable bonds is 8. The Kier molecular flexibility index (Phi) is 22.8. The highest BCUT2D eigenvalue weighted by Crippen LogP contribution is 2.43. The number of amides is 1. The van der Waals surface area contributed by atoms with E-state index in [2.05, 4.69) is 13.0 Å². The Balaban J connectivity index is 1.53. The van der Waals surface area contributed by atoms with Gasteiger partial charge in [0.15, 0.2) is 0 Å². The summed E-state index contributed by atoms with van der Waals surface area (Å²) in [6.45, 7) is 13.3. The summed E-state index contributed by atoms with van der Waals surface area (Å²) < 4.78 is 35.5. The predicted octanol–water partition coefficient (Wildman–Crippen LogP) is 7.55. The third-order valence-electron chi connectivity index (χ3n) is 16.5. The lowest BCUT2D eigenvalue weighted by Gasteiger charge is -2.43. The van der Waals surface area contributed by atoms with Gasteiger partial charge in [0, 0.05) is 56.6 Å². The molecule has 1 amide bonds. The molecule has 0 radical (unpaired) electrons. The number of fused-ring (bicyclic) bond motifs is 3. The maximum absolute atomic E-state index is 14.6. The number of hydrogen-bond donors (Lipinski definition) is 5. The Morgan fingerprint density at radius 3 is 2.23 bits per heavy atom. The van der Waals surface area contributed by atoms with Crippen LogP contribution in [0.25, 0.3) is 0 Å². The fourth-order valence-corrected chi connectivity index (χ4v) is 11.7. The number of piperidine rings is 1. The molecule has 0 aromatic heterocycles. The highest BCUT2D eigenvalue weighted by Gasteiger charge is 2.53. The van der Waals surface area contributed by atoms with E-state index < -0.39 is 84.1 Å². The van der Waals surface area contributed by atoms with E-state index in [1.54, 1.807) is 41.3 Å². The van der Waals surface area contributed by atoms with E-state index in [0.29, 0.717) is 74.9 Å². The van der Waals surface area contributed by atoms with E-state index in [4.69, 9.17) is 28.4 Å². The van der Waals surface area contributed by atoms with Crippen molar-refractivity contribution >= 4 is 17.7 Å². The lowest BCUT2D eigenvalue weighted by atomic mass is 9.78. The average molecular weight is 1020 g/mol. The molecule has 5 rings (SSSR count). The van der Waals surface area contributed by atoms with Crippen molar-refractivity contribution in [3.8, 4) is 11.5 Å². The third kappa shape index (κ3) is 15.4. The number of Topliss-reactive ketones (excluding diaryl/α,β-unsaturated/α-hetero) is 1. The summed E-state index contributed by atoms with van der Waals surface area (Å²) in [5.74, 6) is -6.05. The van der Waals surface area contributed by atoms with Gasteiger partial charge in [0.05, 0.1) is 44.7 Å². The fraction of sp³-hybridized carbons (Fsp3) is 0.707. The standard InChI is InChI=1S/C58H89NO14/c1-34-17-13-12-14-18-35(2)45(44-24-23-42(68-8)32-50(44)69-9)31-43-22-20-40(7)58(67,73-43)55(64)56(65)59-26-16-15-19-46(59)57(66)72-49(37(4)29-41-21-25-47(60)51(30-41)70-10)33-48(61)36(3)28-39(6)53(63)54(71-11)52(62)38(5)27-34/h12-14,17-18,23-24,28,32,34,36-38,40-41,43,45-49,51-54,60-63,67H,15-16,19-22,25-27,29-31,33H2,1-11H3/b14-12+,17-13+,35-18+,39-28+/t34-,36-,37-,38?,40?,41?,43+,45?,46?,47-,48?,49+,51?,52?,53?,54+,58?/m1/s1. The first-order chi connectivity index (χ1) is 34.7. The Morgan fingerprint density at radius 2 is 1.55 bits per heavy atom. The minimum atomic E-state index is -2.47. The number of aliphatic hydroxyl groups excluding tert-OH is 4. The predicted molar refractivity (Wildman–Crippen MR) is 279 cm³/mol. The van der Waals surface area contributed by atoms with Crippen LogP contribution in [0.2, 0.25) is 0 Å². The molecule has 1 aromatic carbocycles. The summed E-state index contributed by atoms with van der Waals surface area (Å²) in [5.41, 5.74) is 2.29.